The number of H-pyrrole nitrogens is 1. The maximum atomic E-state index is 9.73. The number of nitrogens with one attached hydrogen (secondary N) is 1. The van der Waals surface area contributed by atoms with Crippen molar-refractivity contribution < 1.29 is 5.11 Å². The van der Waals surface area contributed by atoms with E-state index in [1.807, 2.05) is 6.07 Å². The van der Waals surface area contributed by atoms with Crippen molar-refractivity contribution in [2.75, 3.05) is 0 Å². The lowest BCUT2D eigenvalue weighted by molar-refractivity contribution is 0.477. The van der Waals surface area contributed by atoms with Crippen molar-refractivity contribution in [1.29, 1.82) is 0 Å². The van der Waals surface area contributed by atoms with Crippen LogP contribution in [0.15, 0.2) is 42.9 Å². The molecule has 1 aromatic carbocycles. The molecule has 6 nitrogen and oxygen atoms in total. The standard InChI is InChI=1S/C12H9N5O/c18-10-4-2-1-3-8(10)11-15-12(17-16-11)9-7-13-5-6-14-9/h1-7,18H,(H,15,16,17). The zero-order valence-corrected chi connectivity index (χ0v) is 9.28. The zero-order valence-electron chi connectivity index (χ0n) is 9.28. The van der Waals surface area contributed by atoms with Gasteiger partial charge < -0.3 is 5.11 Å². The molecule has 6 heteroatoms. The van der Waals surface area contributed by atoms with Crippen molar-refractivity contribution in [3.05, 3.63) is 42.9 Å². The molecule has 3 aromatic rings. The summed E-state index contributed by atoms with van der Waals surface area (Å²) in [5, 5.41) is 16.6. The normalized spacial score (nSPS) is 10.4. The monoisotopic (exact) mass is 239 g/mol. The molecule has 0 unspecified atom stereocenters. The van der Waals surface area contributed by atoms with Gasteiger partial charge >= 0.3 is 0 Å². The summed E-state index contributed by atoms with van der Waals surface area (Å²) < 4.78 is 0. The number of hydrogen-bond donors (Lipinski definition) is 2. The van der Waals surface area contributed by atoms with Crippen LogP contribution < -0.4 is 0 Å². The van der Waals surface area contributed by atoms with Crippen molar-refractivity contribution in [3.8, 4) is 28.7 Å². The molecule has 88 valence electrons. The highest BCUT2D eigenvalue weighted by Crippen LogP contribution is 2.26. The Kier molecular flexibility index (Phi) is 2.45. The van der Waals surface area contributed by atoms with Gasteiger partial charge in [0.2, 0.25) is 5.82 Å². The molecule has 2 aromatic heterocycles. The van der Waals surface area contributed by atoms with Crippen LogP contribution in [0.4, 0.5) is 0 Å². The van der Waals surface area contributed by atoms with Gasteiger partial charge in [-0.05, 0) is 12.1 Å². The van der Waals surface area contributed by atoms with Crippen molar-refractivity contribution in [3.63, 3.8) is 0 Å². The highest BCUT2D eigenvalue weighted by molar-refractivity contribution is 5.64. The Morgan fingerprint density at radius 3 is 2.78 bits per heavy atom. The molecule has 2 N–H and O–H groups in total. The molecule has 0 atom stereocenters. The first-order valence-corrected chi connectivity index (χ1v) is 5.32. The highest BCUT2D eigenvalue weighted by Gasteiger charge is 2.11. The first-order chi connectivity index (χ1) is 8.84. The van der Waals surface area contributed by atoms with Crippen molar-refractivity contribution in [1.82, 2.24) is 25.1 Å². The average molecular weight is 239 g/mol. The summed E-state index contributed by atoms with van der Waals surface area (Å²) in [6.45, 7) is 0. The fraction of sp³-hybridized carbons (Fsp3) is 0. The van der Waals surface area contributed by atoms with E-state index in [-0.39, 0.29) is 5.75 Å². The number of aromatic hydroxyl groups is 1. The first kappa shape index (κ1) is 10.4. The van der Waals surface area contributed by atoms with E-state index in [0.717, 1.165) is 0 Å². The van der Waals surface area contributed by atoms with Gasteiger partial charge in [-0.25, -0.2) is 9.97 Å². The lowest BCUT2D eigenvalue weighted by atomic mass is 10.2. The molecule has 0 aliphatic rings. The van der Waals surface area contributed by atoms with E-state index < -0.39 is 0 Å². The van der Waals surface area contributed by atoms with E-state index in [4.69, 9.17) is 0 Å². The Morgan fingerprint density at radius 1 is 1.11 bits per heavy atom. The number of aromatic nitrogens is 5. The summed E-state index contributed by atoms with van der Waals surface area (Å²) in [7, 11) is 0. The first-order valence-electron chi connectivity index (χ1n) is 5.32. The number of benzene rings is 1. The molecular formula is C12H9N5O. The van der Waals surface area contributed by atoms with Crippen molar-refractivity contribution >= 4 is 0 Å². The summed E-state index contributed by atoms with van der Waals surface area (Å²) in [6, 6.07) is 6.93. The van der Waals surface area contributed by atoms with Gasteiger partial charge in [-0.2, -0.15) is 5.10 Å². The van der Waals surface area contributed by atoms with Gasteiger partial charge in [0.15, 0.2) is 5.82 Å². The lowest BCUT2D eigenvalue weighted by Gasteiger charge is -1.98. The number of rotatable bonds is 2. The lowest BCUT2D eigenvalue weighted by Crippen LogP contribution is -1.86. The molecule has 0 aliphatic heterocycles. The van der Waals surface area contributed by atoms with Crippen LogP contribution in [0.3, 0.4) is 0 Å². The highest BCUT2D eigenvalue weighted by atomic mass is 16.3. The van der Waals surface area contributed by atoms with E-state index in [1.54, 1.807) is 36.8 Å². The predicted molar refractivity (Wildman–Crippen MR) is 64.5 cm³/mol. The summed E-state index contributed by atoms with van der Waals surface area (Å²) in [4.78, 5) is 12.3. The Labute approximate surface area is 102 Å². The van der Waals surface area contributed by atoms with E-state index in [1.165, 1.54) is 0 Å². The van der Waals surface area contributed by atoms with Crippen LogP contribution in [0.2, 0.25) is 0 Å². The second-order valence-electron chi connectivity index (χ2n) is 3.62. The molecule has 0 aliphatic carbocycles. The fourth-order valence-corrected chi connectivity index (χ4v) is 1.59. The van der Waals surface area contributed by atoms with Crippen LogP contribution in [-0.4, -0.2) is 30.3 Å². The van der Waals surface area contributed by atoms with Crippen molar-refractivity contribution in [2.24, 2.45) is 0 Å². The van der Waals surface area contributed by atoms with Crippen molar-refractivity contribution in [2.45, 2.75) is 0 Å². The fourth-order valence-electron chi connectivity index (χ4n) is 1.59. The largest absolute Gasteiger partial charge is 0.507 e. The van der Waals surface area contributed by atoms with E-state index in [2.05, 4.69) is 25.1 Å². The SMILES string of the molecule is Oc1ccccc1-c1nc(-c2cnccn2)n[nH]1. The number of hydrogen-bond acceptors (Lipinski definition) is 5. The Morgan fingerprint density at radius 2 is 2.00 bits per heavy atom. The Bertz CT molecular complexity index is 665. The Balaban J connectivity index is 2.03. The molecule has 0 saturated heterocycles. The van der Waals surface area contributed by atoms with Crippen LogP contribution in [0.5, 0.6) is 5.75 Å². The number of phenols is 1. The summed E-state index contributed by atoms with van der Waals surface area (Å²) in [5.74, 6) is 1.09. The third-order valence-electron chi connectivity index (χ3n) is 2.44. The van der Waals surface area contributed by atoms with E-state index in [9.17, 15) is 5.11 Å². The number of aromatic amines is 1. The molecule has 0 radical (unpaired) electrons. The topological polar surface area (TPSA) is 87.6 Å². The second kappa shape index (κ2) is 4.25. The van der Waals surface area contributed by atoms with Crippen LogP contribution >= 0.6 is 0 Å². The van der Waals surface area contributed by atoms with Crippen LogP contribution in [0.25, 0.3) is 22.9 Å². The van der Waals surface area contributed by atoms with Gasteiger partial charge in [0.25, 0.3) is 0 Å². The van der Waals surface area contributed by atoms with Gasteiger partial charge in [0.05, 0.1) is 11.8 Å². The molecular weight excluding hydrogens is 230 g/mol. The molecule has 0 bridgehead atoms. The minimum Gasteiger partial charge on any atom is -0.507 e. The smallest absolute Gasteiger partial charge is 0.201 e. The maximum Gasteiger partial charge on any atom is 0.201 e. The number of para-hydroxylation sites is 1. The quantitative estimate of drug-likeness (QED) is 0.709. The van der Waals surface area contributed by atoms with Gasteiger partial charge in [-0.1, -0.05) is 12.1 Å². The third-order valence-corrected chi connectivity index (χ3v) is 2.44. The van der Waals surface area contributed by atoms with Crippen LogP contribution in [-0.2, 0) is 0 Å². The van der Waals surface area contributed by atoms with Crippen LogP contribution in [0, 0.1) is 0 Å². The minimum atomic E-state index is 0.152. The molecule has 0 spiro atoms. The molecule has 3 rings (SSSR count). The average Bonchev–Trinajstić information content (AvgIpc) is 2.90. The van der Waals surface area contributed by atoms with Crippen LogP contribution in [0.1, 0.15) is 0 Å². The zero-order chi connectivity index (χ0) is 12.4. The minimum absolute atomic E-state index is 0.152. The number of phenolic OH excluding ortho intramolecular Hbond substituents is 1. The van der Waals surface area contributed by atoms with Gasteiger partial charge in [-0.3, -0.25) is 10.1 Å². The van der Waals surface area contributed by atoms with Gasteiger partial charge in [0, 0.05) is 12.4 Å². The summed E-state index contributed by atoms with van der Waals surface area (Å²) in [5.41, 5.74) is 1.18. The molecule has 2 heterocycles. The maximum absolute atomic E-state index is 9.73. The molecule has 0 saturated carbocycles. The third kappa shape index (κ3) is 1.80. The summed E-state index contributed by atoms with van der Waals surface area (Å²) in [6.07, 6.45) is 4.74. The Hall–Kier alpha value is -2.76. The summed E-state index contributed by atoms with van der Waals surface area (Å²) >= 11 is 0. The molecule has 0 fully saturated rings. The predicted octanol–water partition coefficient (Wildman–Crippen LogP) is 1.63. The number of nitrogens with zero attached hydrogens (tertiary/aromatic N) is 4. The molecule has 0 amide bonds. The van der Waals surface area contributed by atoms with Gasteiger partial charge in [-0.15, -0.1) is 0 Å². The van der Waals surface area contributed by atoms with E-state index >= 15 is 0 Å². The van der Waals surface area contributed by atoms with Gasteiger partial charge in [0.1, 0.15) is 11.4 Å². The molecule has 18 heavy (non-hydrogen) atoms. The second-order valence-corrected chi connectivity index (χ2v) is 3.62. The van der Waals surface area contributed by atoms with E-state index in [0.29, 0.717) is 22.9 Å².